The number of carbonyl (C=O) groups is 1. The zero-order valence-corrected chi connectivity index (χ0v) is 11.5. The van der Waals surface area contributed by atoms with E-state index in [2.05, 4.69) is 0 Å². The predicted octanol–water partition coefficient (Wildman–Crippen LogP) is 2.24. The van der Waals surface area contributed by atoms with Crippen LogP contribution in [0.4, 0.5) is 5.69 Å². The fraction of sp³-hybridized carbons (Fsp3) is 0.462. The van der Waals surface area contributed by atoms with E-state index in [1.165, 1.54) is 18.2 Å². The summed E-state index contributed by atoms with van der Waals surface area (Å²) in [6, 6.07) is 4.08. The van der Waals surface area contributed by atoms with Crippen LogP contribution in [-0.4, -0.2) is 40.0 Å². The van der Waals surface area contributed by atoms with Crippen LogP contribution in [0.1, 0.15) is 29.6 Å². The standard InChI is InChI=1S/C13H15ClN2O4/c14-11-8-9(4-5-12(11)16(19)20)13(18)15(6-7-17)10-2-1-3-10/h4-5,8,10,17H,1-3,6-7H2. The highest BCUT2D eigenvalue weighted by Crippen LogP contribution is 2.29. The molecule has 20 heavy (non-hydrogen) atoms. The molecule has 0 bridgehead atoms. The Bertz CT molecular complexity index is 531. The molecule has 1 aliphatic rings. The number of aliphatic hydroxyl groups is 1. The zero-order chi connectivity index (χ0) is 14.7. The summed E-state index contributed by atoms with van der Waals surface area (Å²) in [5, 5.41) is 19.7. The molecule has 0 atom stereocenters. The Kier molecular flexibility index (Phi) is 4.57. The first-order chi connectivity index (χ1) is 9.54. The van der Waals surface area contributed by atoms with Crippen LogP contribution in [0.5, 0.6) is 0 Å². The van der Waals surface area contributed by atoms with Gasteiger partial charge in [0, 0.05) is 24.2 Å². The first kappa shape index (κ1) is 14.7. The fourth-order valence-corrected chi connectivity index (χ4v) is 2.46. The van der Waals surface area contributed by atoms with Crippen molar-refractivity contribution in [3.05, 3.63) is 38.9 Å². The molecule has 0 spiro atoms. The first-order valence-corrected chi connectivity index (χ1v) is 6.78. The van der Waals surface area contributed by atoms with Crippen molar-refractivity contribution in [3.63, 3.8) is 0 Å². The summed E-state index contributed by atoms with van der Waals surface area (Å²) in [5.41, 5.74) is 0.0847. The molecule has 0 radical (unpaired) electrons. The third kappa shape index (κ3) is 2.91. The second kappa shape index (κ2) is 6.19. The van der Waals surface area contributed by atoms with E-state index in [-0.39, 0.29) is 35.8 Å². The minimum Gasteiger partial charge on any atom is -0.395 e. The van der Waals surface area contributed by atoms with Crippen molar-refractivity contribution in [1.29, 1.82) is 0 Å². The molecule has 1 aromatic rings. The van der Waals surface area contributed by atoms with E-state index in [1.54, 1.807) is 4.90 Å². The summed E-state index contributed by atoms with van der Waals surface area (Å²) < 4.78 is 0. The van der Waals surface area contributed by atoms with Crippen LogP contribution in [0.25, 0.3) is 0 Å². The van der Waals surface area contributed by atoms with Crippen molar-refractivity contribution in [1.82, 2.24) is 4.90 Å². The van der Waals surface area contributed by atoms with Gasteiger partial charge >= 0.3 is 0 Å². The molecule has 1 amide bonds. The van der Waals surface area contributed by atoms with E-state index in [0.29, 0.717) is 5.56 Å². The molecule has 1 aromatic carbocycles. The number of nitrogens with zero attached hydrogens (tertiary/aromatic N) is 2. The number of hydrogen-bond acceptors (Lipinski definition) is 4. The Hall–Kier alpha value is -1.66. The third-order valence-electron chi connectivity index (χ3n) is 3.51. The van der Waals surface area contributed by atoms with Gasteiger partial charge in [0.15, 0.2) is 0 Å². The second-order valence-corrected chi connectivity index (χ2v) is 5.14. The zero-order valence-electron chi connectivity index (χ0n) is 10.8. The highest BCUT2D eigenvalue weighted by molar-refractivity contribution is 6.33. The molecule has 1 saturated carbocycles. The molecule has 7 heteroatoms. The number of aliphatic hydroxyl groups excluding tert-OH is 1. The number of nitro benzene ring substituents is 1. The summed E-state index contributed by atoms with van der Waals surface area (Å²) in [6.07, 6.45) is 2.92. The summed E-state index contributed by atoms with van der Waals surface area (Å²) in [5.74, 6) is -0.249. The lowest BCUT2D eigenvalue weighted by Gasteiger charge is -2.37. The van der Waals surface area contributed by atoms with Crippen LogP contribution >= 0.6 is 11.6 Å². The number of amides is 1. The molecule has 2 rings (SSSR count). The van der Waals surface area contributed by atoms with Crippen molar-refractivity contribution < 1.29 is 14.8 Å². The number of halogens is 1. The van der Waals surface area contributed by atoms with Crippen LogP contribution in [0.3, 0.4) is 0 Å². The maximum absolute atomic E-state index is 12.4. The number of hydrogen-bond donors (Lipinski definition) is 1. The molecular formula is C13H15ClN2O4. The maximum atomic E-state index is 12.4. The second-order valence-electron chi connectivity index (χ2n) is 4.73. The Labute approximate surface area is 121 Å². The molecule has 108 valence electrons. The monoisotopic (exact) mass is 298 g/mol. The van der Waals surface area contributed by atoms with Gasteiger partial charge in [-0.2, -0.15) is 0 Å². The van der Waals surface area contributed by atoms with Gasteiger partial charge in [0.2, 0.25) is 0 Å². The van der Waals surface area contributed by atoms with Gasteiger partial charge in [-0.25, -0.2) is 0 Å². The molecule has 0 heterocycles. The average molecular weight is 299 g/mol. The lowest BCUT2D eigenvalue weighted by atomic mass is 9.91. The van der Waals surface area contributed by atoms with Gasteiger partial charge in [0.25, 0.3) is 11.6 Å². The van der Waals surface area contributed by atoms with E-state index in [4.69, 9.17) is 16.7 Å². The van der Waals surface area contributed by atoms with Crippen LogP contribution in [0, 0.1) is 10.1 Å². The minimum atomic E-state index is -0.589. The van der Waals surface area contributed by atoms with Crippen molar-refractivity contribution >= 4 is 23.2 Å². The predicted molar refractivity (Wildman–Crippen MR) is 73.9 cm³/mol. The molecule has 1 aliphatic carbocycles. The van der Waals surface area contributed by atoms with Crippen LogP contribution in [0.2, 0.25) is 5.02 Å². The third-order valence-corrected chi connectivity index (χ3v) is 3.81. The SMILES string of the molecule is O=C(c1ccc([N+](=O)[O-])c(Cl)c1)N(CCO)C1CCC1. The molecule has 1 fully saturated rings. The van der Waals surface area contributed by atoms with E-state index in [0.717, 1.165) is 19.3 Å². The van der Waals surface area contributed by atoms with E-state index in [1.807, 2.05) is 0 Å². The maximum Gasteiger partial charge on any atom is 0.287 e. The van der Waals surface area contributed by atoms with Crippen molar-refractivity contribution in [2.24, 2.45) is 0 Å². The molecule has 0 aromatic heterocycles. The highest BCUT2D eigenvalue weighted by atomic mass is 35.5. The number of nitro groups is 1. The highest BCUT2D eigenvalue weighted by Gasteiger charge is 2.29. The summed E-state index contributed by atoms with van der Waals surface area (Å²) in [4.78, 5) is 24.1. The van der Waals surface area contributed by atoms with E-state index >= 15 is 0 Å². The summed E-state index contributed by atoms with van der Waals surface area (Å²) in [6.45, 7) is 0.154. The Morgan fingerprint density at radius 2 is 2.20 bits per heavy atom. The van der Waals surface area contributed by atoms with Gasteiger partial charge in [0.05, 0.1) is 11.5 Å². The van der Waals surface area contributed by atoms with Crippen molar-refractivity contribution in [2.45, 2.75) is 25.3 Å². The Morgan fingerprint density at radius 3 is 2.65 bits per heavy atom. The largest absolute Gasteiger partial charge is 0.395 e. The van der Waals surface area contributed by atoms with Crippen LogP contribution in [-0.2, 0) is 0 Å². The quantitative estimate of drug-likeness (QED) is 0.667. The molecule has 1 N–H and O–H groups in total. The van der Waals surface area contributed by atoms with E-state index in [9.17, 15) is 14.9 Å². The fourth-order valence-electron chi connectivity index (χ4n) is 2.21. The van der Waals surface area contributed by atoms with Gasteiger partial charge < -0.3 is 10.0 Å². The topological polar surface area (TPSA) is 83.7 Å². The molecule has 0 unspecified atom stereocenters. The first-order valence-electron chi connectivity index (χ1n) is 6.40. The van der Waals surface area contributed by atoms with Crippen LogP contribution < -0.4 is 0 Å². The lowest BCUT2D eigenvalue weighted by Crippen LogP contribution is -2.45. The number of benzene rings is 1. The lowest BCUT2D eigenvalue weighted by molar-refractivity contribution is -0.384. The van der Waals surface area contributed by atoms with Crippen molar-refractivity contribution in [3.8, 4) is 0 Å². The molecular weight excluding hydrogens is 284 g/mol. The minimum absolute atomic E-state index is 0.0570. The van der Waals surface area contributed by atoms with Crippen molar-refractivity contribution in [2.75, 3.05) is 13.2 Å². The van der Waals surface area contributed by atoms with Gasteiger partial charge in [-0.15, -0.1) is 0 Å². The molecule has 0 saturated heterocycles. The molecule has 0 aliphatic heterocycles. The van der Waals surface area contributed by atoms with Crippen LogP contribution in [0.15, 0.2) is 18.2 Å². The Balaban J connectivity index is 2.22. The summed E-state index contributed by atoms with van der Waals surface area (Å²) >= 11 is 5.82. The average Bonchev–Trinajstić information content (AvgIpc) is 2.34. The van der Waals surface area contributed by atoms with E-state index < -0.39 is 4.92 Å². The van der Waals surface area contributed by atoms with Gasteiger partial charge in [-0.1, -0.05) is 11.6 Å². The Morgan fingerprint density at radius 1 is 1.50 bits per heavy atom. The van der Waals surface area contributed by atoms with Gasteiger partial charge in [-0.05, 0) is 31.4 Å². The van der Waals surface area contributed by atoms with Gasteiger partial charge in [-0.3, -0.25) is 14.9 Å². The number of carbonyl (C=O) groups excluding carboxylic acids is 1. The normalized spacial score (nSPS) is 14.7. The smallest absolute Gasteiger partial charge is 0.287 e. The van der Waals surface area contributed by atoms with Gasteiger partial charge in [0.1, 0.15) is 5.02 Å². The number of rotatable bonds is 5. The molecule has 6 nitrogen and oxygen atoms in total. The summed E-state index contributed by atoms with van der Waals surface area (Å²) in [7, 11) is 0.